The molecule has 0 amide bonds. The lowest BCUT2D eigenvalue weighted by Crippen LogP contribution is -2.17. The van der Waals surface area contributed by atoms with Crippen molar-refractivity contribution in [2.24, 2.45) is 0 Å². The van der Waals surface area contributed by atoms with Gasteiger partial charge in [-0.15, -0.1) is 0 Å². The molecule has 0 N–H and O–H groups in total. The first kappa shape index (κ1) is 16.5. The number of carbonyl (C=O) groups excluding carboxylic acids is 1. The zero-order chi connectivity index (χ0) is 15.3. The standard InChI is InChI=1S/C16H23FO3/c1-6-11(4)20-15(18)9-13-14(19-5)8-7-12(10(2)3)16(13)17/h7-8,10-11H,6,9H2,1-5H3. The van der Waals surface area contributed by atoms with Gasteiger partial charge >= 0.3 is 5.97 Å². The van der Waals surface area contributed by atoms with Gasteiger partial charge in [0.2, 0.25) is 0 Å². The number of methoxy groups -OCH3 is 1. The molecule has 0 aliphatic rings. The van der Waals surface area contributed by atoms with Crippen molar-refractivity contribution < 1.29 is 18.7 Å². The number of esters is 1. The summed E-state index contributed by atoms with van der Waals surface area (Å²) in [7, 11) is 1.47. The summed E-state index contributed by atoms with van der Waals surface area (Å²) in [4.78, 5) is 11.8. The molecular formula is C16H23FO3. The smallest absolute Gasteiger partial charge is 0.310 e. The number of ether oxygens (including phenoxy) is 2. The fourth-order valence-electron chi connectivity index (χ4n) is 1.92. The average Bonchev–Trinajstić information content (AvgIpc) is 2.40. The molecule has 1 atom stereocenters. The highest BCUT2D eigenvalue weighted by Crippen LogP contribution is 2.29. The minimum absolute atomic E-state index is 0.0465. The van der Waals surface area contributed by atoms with Crippen LogP contribution >= 0.6 is 0 Å². The van der Waals surface area contributed by atoms with Crippen molar-refractivity contribution >= 4 is 5.97 Å². The van der Waals surface area contributed by atoms with Crippen LogP contribution in [-0.2, 0) is 16.0 Å². The quantitative estimate of drug-likeness (QED) is 0.744. The number of carbonyl (C=O) groups is 1. The first-order valence-corrected chi connectivity index (χ1v) is 6.95. The lowest BCUT2D eigenvalue weighted by Gasteiger charge is -2.16. The van der Waals surface area contributed by atoms with Crippen LogP contribution in [0.15, 0.2) is 12.1 Å². The zero-order valence-corrected chi connectivity index (χ0v) is 12.8. The van der Waals surface area contributed by atoms with Crippen molar-refractivity contribution in [1.82, 2.24) is 0 Å². The number of hydrogen-bond acceptors (Lipinski definition) is 3. The Hall–Kier alpha value is -1.58. The van der Waals surface area contributed by atoms with Gasteiger partial charge in [0.15, 0.2) is 0 Å². The summed E-state index contributed by atoms with van der Waals surface area (Å²) in [6.45, 7) is 7.56. The van der Waals surface area contributed by atoms with Crippen LogP contribution in [0.2, 0.25) is 0 Å². The molecule has 4 heteroatoms. The van der Waals surface area contributed by atoms with E-state index in [1.807, 2.05) is 27.7 Å². The molecule has 112 valence electrons. The number of hydrogen-bond donors (Lipinski definition) is 0. The lowest BCUT2D eigenvalue weighted by molar-refractivity contribution is -0.147. The van der Waals surface area contributed by atoms with Gasteiger partial charge in [0, 0.05) is 5.56 Å². The molecule has 0 aliphatic heterocycles. The Kier molecular flexibility index (Phi) is 5.99. The highest BCUT2D eigenvalue weighted by Gasteiger charge is 2.20. The lowest BCUT2D eigenvalue weighted by atomic mass is 9.97. The molecule has 1 aromatic rings. The maximum Gasteiger partial charge on any atom is 0.310 e. The molecule has 0 radical (unpaired) electrons. The average molecular weight is 282 g/mol. The molecule has 0 aromatic heterocycles. The molecule has 20 heavy (non-hydrogen) atoms. The van der Waals surface area contributed by atoms with Crippen LogP contribution in [0.25, 0.3) is 0 Å². The van der Waals surface area contributed by atoms with Crippen LogP contribution in [0.5, 0.6) is 5.75 Å². The van der Waals surface area contributed by atoms with Crippen LogP contribution < -0.4 is 4.74 Å². The number of halogens is 1. The number of rotatable bonds is 6. The second-order valence-electron chi connectivity index (χ2n) is 5.19. The van der Waals surface area contributed by atoms with Gasteiger partial charge in [-0.1, -0.05) is 26.8 Å². The van der Waals surface area contributed by atoms with Crippen molar-refractivity contribution in [3.05, 3.63) is 29.1 Å². The molecule has 1 rings (SSSR count). The summed E-state index contributed by atoms with van der Waals surface area (Å²) in [5.41, 5.74) is 0.851. The predicted octanol–water partition coefficient (Wildman–Crippen LogP) is 3.84. The Morgan fingerprint density at radius 2 is 1.95 bits per heavy atom. The van der Waals surface area contributed by atoms with E-state index < -0.39 is 5.97 Å². The Morgan fingerprint density at radius 3 is 2.45 bits per heavy atom. The Morgan fingerprint density at radius 1 is 1.30 bits per heavy atom. The highest BCUT2D eigenvalue weighted by atomic mass is 19.1. The fraction of sp³-hybridized carbons (Fsp3) is 0.562. The molecule has 1 aromatic carbocycles. The van der Waals surface area contributed by atoms with E-state index in [1.165, 1.54) is 7.11 Å². The monoisotopic (exact) mass is 282 g/mol. The van der Waals surface area contributed by atoms with Gasteiger partial charge in [0.05, 0.1) is 19.6 Å². The minimum Gasteiger partial charge on any atom is -0.496 e. The first-order chi connectivity index (χ1) is 9.40. The highest BCUT2D eigenvalue weighted by molar-refractivity contribution is 5.74. The van der Waals surface area contributed by atoms with Crippen molar-refractivity contribution in [3.8, 4) is 5.75 Å². The SMILES string of the molecule is CCC(C)OC(=O)Cc1c(OC)ccc(C(C)C)c1F. The Labute approximate surface area is 120 Å². The van der Waals surface area contributed by atoms with Crippen molar-refractivity contribution in [2.45, 2.75) is 52.6 Å². The van der Waals surface area contributed by atoms with Crippen LogP contribution in [0.3, 0.4) is 0 Å². The predicted molar refractivity (Wildman–Crippen MR) is 76.6 cm³/mol. The van der Waals surface area contributed by atoms with E-state index in [4.69, 9.17) is 9.47 Å². The van der Waals surface area contributed by atoms with E-state index in [-0.39, 0.29) is 29.8 Å². The van der Waals surface area contributed by atoms with E-state index >= 15 is 0 Å². The van der Waals surface area contributed by atoms with Gasteiger partial charge in [-0.3, -0.25) is 4.79 Å². The van der Waals surface area contributed by atoms with Crippen molar-refractivity contribution in [1.29, 1.82) is 0 Å². The first-order valence-electron chi connectivity index (χ1n) is 6.95. The van der Waals surface area contributed by atoms with Gasteiger partial charge in [0.25, 0.3) is 0 Å². The maximum absolute atomic E-state index is 14.5. The van der Waals surface area contributed by atoms with Crippen molar-refractivity contribution in [2.75, 3.05) is 7.11 Å². The molecule has 0 saturated heterocycles. The second kappa shape index (κ2) is 7.27. The zero-order valence-electron chi connectivity index (χ0n) is 12.8. The third kappa shape index (κ3) is 3.95. The van der Waals surface area contributed by atoms with Gasteiger partial charge in [-0.05, 0) is 30.9 Å². The van der Waals surface area contributed by atoms with Crippen molar-refractivity contribution in [3.63, 3.8) is 0 Å². The Balaban J connectivity index is 3.03. The second-order valence-corrected chi connectivity index (χ2v) is 5.19. The summed E-state index contributed by atoms with van der Waals surface area (Å²) >= 11 is 0. The molecule has 0 bridgehead atoms. The summed E-state index contributed by atoms with van der Waals surface area (Å²) < 4.78 is 24.8. The summed E-state index contributed by atoms with van der Waals surface area (Å²) in [6.07, 6.45) is 0.460. The largest absolute Gasteiger partial charge is 0.496 e. The van der Waals surface area contributed by atoms with E-state index in [2.05, 4.69) is 0 Å². The molecule has 0 spiro atoms. The van der Waals surface area contributed by atoms with E-state index in [9.17, 15) is 9.18 Å². The molecule has 3 nitrogen and oxygen atoms in total. The van der Waals surface area contributed by atoms with Crippen LogP contribution in [0.4, 0.5) is 4.39 Å². The van der Waals surface area contributed by atoms with Gasteiger partial charge in [-0.25, -0.2) is 4.39 Å². The minimum atomic E-state index is -0.433. The van der Waals surface area contributed by atoms with E-state index in [0.717, 1.165) is 6.42 Å². The van der Waals surface area contributed by atoms with Crippen LogP contribution in [-0.4, -0.2) is 19.2 Å². The topological polar surface area (TPSA) is 35.5 Å². The molecule has 0 saturated carbocycles. The van der Waals surface area contributed by atoms with Crippen LogP contribution in [0.1, 0.15) is 51.2 Å². The molecule has 0 heterocycles. The third-order valence-electron chi connectivity index (χ3n) is 3.30. The normalized spacial score (nSPS) is 12.3. The number of benzene rings is 1. The van der Waals surface area contributed by atoms with E-state index in [1.54, 1.807) is 12.1 Å². The third-order valence-corrected chi connectivity index (χ3v) is 3.30. The fourth-order valence-corrected chi connectivity index (χ4v) is 1.92. The van der Waals surface area contributed by atoms with Gasteiger partial charge in [0.1, 0.15) is 11.6 Å². The summed E-state index contributed by atoms with van der Waals surface area (Å²) in [6, 6.07) is 3.40. The van der Waals surface area contributed by atoms with Crippen LogP contribution in [0, 0.1) is 5.82 Å². The van der Waals surface area contributed by atoms with Gasteiger partial charge < -0.3 is 9.47 Å². The van der Waals surface area contributed by atoms with E-state index in [0.29, 0.717) is 11.3 Å². The molecule has 0 fully saturated rings. The molecule has 0 aliphatic carbocycles. The Bertz CT molecular complexity index is 469. The summed E-state index contributed by atoms with van der Waals surface area (Å²) in [5, 5.41) is 0. The molecular weight excluding hydrogens is 259 g/mol. The molecule has 1 unspecified atom stereocenters. The van der Waals surface area contributed by atoms with Gasteiger partial charge in [-0.2, -0.15) is 0 Å². The maximum atomic E-state index is 14.5. The summed E-state index contributed by atoms with van der Waals surface area (Å²) in [5.74, 6) is -0.379.